The fourth-order valence-electron chi connectivity index (χ4n) is 2.42. The Labute approximate surface area is 138 Å². The molecule has 0 aromatic heterocycles. The van der Waals surface area contributed by atoms with Crippen molar-refractivity contribution in [3.05, 3.63) is 27.7 Å². The first-order valence-corrected chi connectivity index (χ1v) is 9.84. The minimum Gasteiger partial charge on any atom is -0.339 e. The second-order valence-corrected chi connectivity index (χ2v) is 8.88. The highest BCUT2D eigenvalue weighted by Gasteiger charge is 2.24. The molecule has 1 aliphatic heterocycles. The number of halogens is 2. The van der Waals surface area contributed by atoms with Gasteiger partial charge in [0.2, 0.25) is 0 Å². The molecule has 0 atom stereocenters. The van der Waals surface area contributed by atoms with Gasteiger partial charge in [0.25, 0.3) is 15.0 Å². The fourth-order valence-corrected chi connectivity index (χ4v) is 4.24. The number of nitrogens with zero attached hydrogens (tertiary/aromatic N) is 1. The normalized spacial score (nSPS) is 17.0. The van der Waals surface area contributed by atoms with Crippen LogP contribution in [0.2, 0.25) is 0 Å². The molecule has 0 spiro atoms. The second-order valence-electron chi connectivity index (χ2n) is 5.49. The second kappa shape index (κ2) is 6.26. The lowest BCUT2D eigenvalue weighted by molar-refractivity contribution is 0.0697. The standard InChI is InChI=1S/C14H17BrClNO3S/c1-9-3-5-17(6-4-9)14(18)11-7-12(15)10(2)13(8-11)21(16,19)20/h7-9H,3-6H2,1-2H3. The number of hydrogen-bond acceptors (Lipinski definition) is 3. The van der Waals surface area contributed by atoms with E-state index in [4.69, 9.17) is 10.7 Å². The van der Waals surface area contributed by atoms with Crippen LogP contribution in [-0.2, 0) is 9.05 Å². The third kappa shape index (κ3) is 3.79. The van der Waals surface area contributed by atoms with E-state index in [0.29, 0.717) is 34.6 Å². The van der Waals surface area contributed by atoms with Crippen LogP contribution in [0.1, 0.15) is 35.7 Å². The first-order valence-electron chi connectivity index (χ1n) is 6.74. The average Bonchev–Trinajstić information content (AvgIpc) is 2.40. The number of amides is 1. The van der Waals surface area contributed by atoms with E-state index in [1.165, 1.54) is 6.07 Å². The predicted octanol–water partition coefficient (Wildman–Crippen LogP) is 3.56. The predicted molar refractivity (Wildman–Crippen MR) is 86.2 cm³/mol. The number of carbonyl (C=O) groups is 1. The van der Waals surface area contributed by atoms with Crippen LogP contribution in [0.5, 0.6) is 0 Å². The van der Waals surface area contributed by atoms with E-state index in [2.05, 4.69) is 22.9 Å². The van der Waals surface area contributed by atoms with Gasteiger partial charge in [-0.25, -0.2) is 8.42 Å². The highest BCUT2D eigenvalue weighted by molar-refractivity contribution is 9.10. The molecule has 0 bridgehead atoms. The molecule has 0 aliphatic carbocycles. The molecule has 1 aromatic rings. The summed E-state index contributed by atoms with van der Waals surface area (Å²) in [7, 11) is 1.56. The lowest BCUT2D eigenvalue weighted by Gasteiger charge is -2.30. The van der Waals surface area contributed by atoms with Crippen molar-refractivity contribution in [2.24, 2.45) is 5.92 Å². The molecular formula is C14H17BrClNO3S. The first-order chi connectivity index (χ1) is 9.70. The molecule has 0 radical (unpaired) electrons. The quantitative estimate of drug-likeness (QED) is 0.721. The summed E-state index contributed by atoms with van der Waals surface area (Å²) in [5, 5.41) is 0. The van der Waals surface area contributed by atoms with Crippen LogP contribution in [0.15, 0.2) is 21.5 Å². The van der Waals surface area contributed by atoms with Crippen molar-refractivity contribution in [2.45, 2.75) is 31.6 Å². The summed E-state index contributed by atoms with van der Waals surface area (Å²) in [4.78, 5) is 14.3. The molecule has 1 amide bonds. The third-order valence-corrected chi connectivity index (χ3v) is 6.15. The van der Waals surface area contributed by atoms with Gasteiger partial charge in [-0.1, -0.05) is 22.9 Å². The van der Waals surface area contributed by atoms with Gasteiger partial charge in [-0.05, 0) is 43.4 Å². The maximum Gasteiger partial charge on any atom is 0.261 e. The topological polar surface area (TPSA) is 54.5 Å². The summed E-state index contributed by atoms with van der Waals surface area (Å²) >= 11 is 3.30. The number of piperidine rings is 1. The van der Waals surface area contributed by atoms with E-state index in [-0.39, 0.29) is 10.8 Å². The lowest BCUT2D eigenvalue weighted by atomic mass is 9.98. The van der Waals surface area contributed by atoms with Crippen LogP contribution in [0, 0.1) is 12.8 Å². The van der Waals surface area contributed by atoms with Crippen molar-refractivity contribution in [1.29, 1.82) is 0 Å². The van der Waals surface area contributed by atoms with Gasteiger partial charge in [0.15, 0.2) is 0 Å². The molecule has 0 saturated carbocycles. The summed E-state index contributed by atoms with van der Waals surface area (Å²) < 4.78 is 23.8. The molecule has 4 nitrogen and oxygen atoms in total. The maximum absolute atomic E-state index is 12.5. The van der Waals surface area contributed by atoms with Gasteiger partial charge in [0.05, 0.1) is 4.90 Å². The zero-order valence-electron chi connectivity index (χ0n) is 11.9. The summed E-state index contributed by atoms with van der Waals surface area (Å²) in [6.07, 6.45) is 1.94. The highest BCUT2D eigenvalue weighted by atomic mass is 79.9. The smallest absolute Gasteiger partial charge is 0.261 e. The van der Waals surface area contributed by atoms with E-state index >= 15 is 0 Å². The molecule has 1 heterocycles. The largest absolute Gasteiger partial charge is 0.339 e. The zero-order valence-corrected chi connectivity index (χ0v) is 15.1. The number of likely N-dealkylation sites (tertiary alicyclic amines) is 1. The van der Waals surface area contributed by atoms with Gasteiger partial charge in [-0.15, -0.1) is 0 Å². The van der Waals surface area contributed by atoms with Gasteiger partial charge >= 0.3 is 0 Å². The zero-order chi connectivity index (χ0) is 15.8. The van der Waals surface area contributed by atoms with Crippen LogP contribution in [0.25, 0.3) is 0 Å². The summed E-state index contributed by atoms with van der Waals surface area (Å²) in [5.41, 5.74) is 0.857. The van der Waals surface area contributed by atoms with Gasteiger partial charge in [0.1, 0.15) is 0 Å². The minimum atomic E-state index is -3.88. The highest BCUT2D eigenvalue weighted by Crippen LogP contribution is 2.29. The third-order valence-electron chi connectivity index (χ3n) is 3.88. The molecule has 2 rings (SSSR count). The van der Waals surface area contributed by atoms with Crippen molar-refractivity contribution >= 4 is 41.6 Å². The van der Waals surface area contributed by atoms with Crippen molar-refractivity contribution in [3.8, 4) is 0 Å². The molecule has 1 fully saturated rings. The number of rotatable bonds is 2. The maximum atomic E-state index is 12.5. The van der Waals surface area contributed by atoms with Crippen LogP contribution in [0.4, 0.5) is 0 Å². The molecular weight excluding hydrogens is 378 g/mol. The molecule has 0 N–H and O–H groups in total. The van der Waals surface area contributed by atoms with E-state index in [1.54, 1.807) is 17.9 Å². The Morgan fingerprint density at radius 3 is 2.43 bits per heavy atom. The molecule has 1 aliphatic rings. The molecule has 1 saturated heterocycles. The Hall–Kier alpha value is -0.590. The fraction of sp³-hybridized carbons (Fsp3) is 0.500. The van der Waals surface area contributed by atoms with Crippen molar-refractivity contribution in [3.63, 3.8) is 0 Å². The van der Waals surface area contributed by atoms with Gasteiger partial charge in [-0.3, -0.25) is 4.79 Å². The Bertz CT molecular complexity index is 667. The Morgan fingerprint density at radius 1 is 1.33 bits per heavy atom. The number of hydrogen-bond donors (Lipinski definition) is 0. The van der Waals surface area contributed by atoms with Crippen LogP contribution in [0.3, 0.4) is 0 Å². The van der Waals surface area contributed by atoms with Crippen LogP contribution in [-0.4, -0.2) is 32.3 Å². The van der Waals surface area contributed by atoms with Crippen LogP contribution < -0.4 is 0 Å². The molecule has 21 heavy (non-hydrogen) atoms. The molecule has 0 unspecified atom stereocenters. The number of carbonyl (C=O) groups excluding carboxylic acids is 1. The average molecular weight is 395 g/mol. The summed E-state index contributed by atoms with van der Waals surface area (Å²) in [5.74, 6) is 0.474. The van der Waals surface area contributed by atoms with Crippen molar-refractivity contribution < 1.29 is 13.2 Å². The minimum absolute atomic E-state index is 0.0210. The lowest BCUT2D eigenvalue weighted by Crippen LogP contribution is -2.38. The van der Waals surface area contributed by atoms with E-state index < -0.39 is 9.05 Å². The van der Waals surface area contributed by atoms with Crippen molar-refractivity contribution in [1.82, 2.24) is 4.90 Å². The van der Waals surface area contributed by atoms with Crippen molar-refractivity contribution in [2.75, 3.05) is 13.1 Å². The Kier molecular flexibility index (Phi) is 5.00. The molecule has 116 valence electrons. The van der Waals surface area contributed by atoms with E-state index in [1.807, 2.05) is 0 Å². The number of benzene rings is 1. The monoisotopic (exact) mass is 393 g/mol. The van der Waals surface area contributed by atoms with Gasteiger partial charge in [0, 0.05) is 33.8 Å². The van der Waals surface area contributed by atoms with Crippen LogP contribution >= 0.6 is 26.6 Å². The Balaban J connectivity index is 2.36. The summed E-state index contributed by atoms with van der Waals surface area (Å²) in [6, 6.07) is 3.02. The SMILES string of the molecule is Cc1c(Br)cc(C(=O)N2CCC(C)CC2)cc1S(=O)(=O)Cl. The molecule has 7 heteroatoms. The van der Waals surface area contributed by atoms with E-state index in [9.17, 15) is 13.2 Å². The van der Waals surface area contributed by atoms with Gasteiger partial charge in [-0.2, -0.15) is 0 Å². The summed E-state index contributed by atoms with van der Waals surface area (Å²) in [6.45, 7) is 5.22. The first kappa shape index (κ1) is 16.8. The molecule has 1 aromatic carbocycles. The van der Waals surface area contributed by atoms with Gasteiger partial charge < -0.3 is 4.90 Å². The van der Waals surface area contributed by atoms with E-state index in [0.717, 1.165) is 12.8 Å². The Morgan fingerprint density at radius 2 is 1.90 bits per heavy atom.